The van der Waals surface area contributed by atoms with Crippen molar-refractivity contribution >= 4 is 5.97 Å². The Hall–Kier alpha value is -4.44. The van der Waals surface area contributed by atoms with E-state index in [1.54, 1.807) is 0 Å². The molecule has 0 aliphatic carbocycles. The van der Waals surface area contributed by atoms with Crippen molar-refractivity contribution in [2.75, 3.05) is 7.11 Å². The predicted molar refractivity (Wildman–Crippen MR) is 142 cm³/mol. The number of methoxy groups -OCH3 is 1. The number of ether oxygens (including phenoxy) is 1. The zero-order valence-corrected chi connectivity index (χ0v) is 20.2. The monoisotopic (exact) mass is 472 g/mol. The van der Waals surface area contributed by atoms with Crippen LogP contribution in [-0.4, -0.2) is 22.6 Å². The Bertz CT molecular complexity index is 1300. The number of rotatable bonds is 8. The van der Waals surface area contributed by atoms with Gasteiger partial charge in [-0.3, -0.25) is 4.79 Å². The Morgan fingerprint density at radius 3 is 1.64 bits per heavy atom. The molecular weight excluding hydrogens is 444 g/mol. The van der Waals surface area contributed by atoms with Gasteiger partial charge >= 0.3 is 5.97 Å². The summed E-state index contributed by atoms with van der Waals surface area (Å²) in [6, 6.07) is 41.2. The Balaban J connectivity index is 1.71. The number of benzene rings is 4. The van der Waals surface area contributed by atoms with Gasteiger partial charge in [0.1, 0.15) is 11.5 Å². The van der Waals surface area contributed by atoms with E-state index in [2.05, 4.69) is 77.4 Å². The smallest absolute Gasteiger partial charge is 0.315 e. The van der Waals surface area contributed by atoms with E-state index in [0.717, 1.165) is 22.3 Å². The second kappa shape index (κ2) is 10.4. The minimum absolute atomic E-state index is 0.297. The maximum Gasteiger partial charge on any atom is 0.315 e. The van der Waals surface area contributed by atoms with E-state index >= 15 is 0 Å². The van der Waals surface area contributed by atoms with Gasteiger partial charge in [-0.15, -0.1) is 0 Å². The molecule has 0 fully saturated rings. The number of esters is 1. The molecule has 0 bridgehead atoms. The molecule has 0 saturated carbocycles. The van der Waals surface area contributed by atoms with E-state index in [4.69, 9.17) is 9.72 Å². The molecule has 178 valence electrons. The van der Waals surface area contributed by atoms with Crippen LogP contribution in [0.4, 0.5) is 0 Å². The summed E-state index contributed by atoms with van der Waals surface area (Å²) in [7, 11) is 1.43. The topological polar surface area (TPSA) is 44.1 Å². The summed E-state index contributed by atoms with van der Waals surface area (Å²) < 4.78 is 7.33. The highest BCUT2D eigenvalue weighted by atomic mass is 16.5. The molecule has 4 nitrogen and oxygen atoms in total. The van der Waals surface area contributed by atoms with Gasteiger partial charge < -0.3 is 9.30 Å². The zero-order valence-electron chi connectivity index (χ0n) is 20.2. The Morgan fingerprint density at radius 1 is 0.750 bits per heavy atom. The standard InChI is InChI=1S/C32H28N2O2/c1-36-31(35)29(22-25-14-6-2-7-15-25)30-23-34(24-33-30)32(26-16-8-3-9-17-26,27-18-10-4-11-19-27)28-20-12-5-13-21-28/h2-21,23-24,29H,22H2,1H3. The lowest BCUT2D eigenvalue weighted by Gasteiger charge is -2.37. The number of hydrogen-bond acceptors (Lipinski definition) is 3. The van der Waals surface area contributed by atoms with Gasteiger partial charge in [0, 0.05) is 6.20 Å². The fourth-order valence-corrected chi connectivity index (χ4v) is 4.99. The minimum atomic E-state index is -0.678. The summed E-state index contributed by atoms with van der Waals surface area (Å²) in [6.07, 6.45) is 4.35. The molecule has 1 heterocycles. The van der Waals surface area contributed by atoms with E-state index < -0.39 is 11.5 Å². The van der Waals surface area contributed by atoms with Crippen molar-refractivity contribution in [3.05, 3.63) is 162 Å². The first-order chi connectivity index (χ1) is 17.7. The van der Waals surface area contributed by atoms with Gasteiger partial charge in [-0.25, -0.2) is 4.98 Å². The van der Waals surface area contributed by atoms with Crippen LogP contribution in [0.2, 0.25) is 0 Å². The summed E-state index contributed by atoms with van der Waals surface area (Å²) in [5.41, 5.74) is 4.36. The molecule has 5 rings (SSSR count). The van der Waals surface area contributed by atoms with Crippen LogP contribution in [0.25, 0.3) is 0 Å². The Labute approximate surface area is 211 Å². The van der Waals surface area contributed by atoms with E-state index in [1.807, 2.05) is 61.1 Å². The van der Waals surface area contributed by atoms with Crippen LogP contribution in [0.3, 0.4) is 0 Å². The minimum Gasteiger partial charge on any atom is -0.468 e. The molecule has 1 unspecified atom stereocenters. The molecular formula is C32H28N2O2. The normalized spacial score (nSPS) is 12.1. The maximum atomic E-state index is 12.9. The average molecular weight is 473 g/mol. The largest absolute Gasteiger partial charge is 0.468 e. The summed E-state index contributed by atoms with van der Waals surface area (Å²) >= 11 is 0. The molecule has 1 atom stereocenters. The third-order valence-corrected chi connectivity index (χ3v) is 6.69. The van der Waals surface area contributed by atoms with E-state index in [1.165, 1.54) is 7.11 Å². The highest BCUT2D eigenvalue weighted by Crippen LogP contribution is 2.41. The summed E-state index contributed by atoms with van der Waals surface area (Å²) in [4.78, 5) is 17.7. The van der Waals surface area contributed by atoms with Crippen LogP contribution >= 0.6 is 0 Å². The molecule has 0 N–H and O–H groups in total. The molecule has 0 aliphatic rings. The summed E-state index contributed by atoms with van der Waals surface area (Å²) in [5.74, 6) is -0.812. The van der Waals surface area contributed by atoms with Crippen molar-refractivity contribution in [3.8, 4) is 0 Å². The van der Waals surface area contributed by atoms with Gasteiger partial charge in [-0.05, 0) is 28.7 Å². The molecule has 4 aromatic carbocycles. The molecule has 1 aromatic heterocycles. The first-order valence-corrected chi connectivity index (χ1v) is 12.1. The van der Waals surface area contributed by atoms with Crippen molar-refractivity contribution in [3.63, 3.8) is 0 Å². The fourth-order valence-electron chi connectivity index (χ4n) is 4.99. The molecule has 0 spiro atoms. The molecule has 36 heavy (non-hydrogen) atoms. The van der Waals surface area contributed by atoms with Crippen molar-refractivity contribution in [1.82, 2.24) is 9.55 Å². The summed E-state index contributed by atoms with van der Waals surface area (Å²) in [6.45, 7) is 0. The van der Waals surface area contributed by atoms with Crippen LogP contribution < -0.4 is 0 Å². The first kappa shape index (κ1) is 23.3. The number of aromatic nitrogens is 2. The number of imidazole rings is 1. The lowest BCUT2D eigenvalue weighted by atomic mass is 9.76. The molecule has 0 saturated heterocycles. The van der Waals surface area contributed by atoms with Gasteiger partial charge in [-0.2, -0.15) is 0 Å². The van der Waals surface area contributed by atoms with E-state index in [-0.39, 0.29) is 5.97 Å². The number of carbonyl (C=O) groups is 1. The van der Waals surface area contributed by atoms with Gasteiger partial charge in [-0.1, -0.05) is 121 Å². The number of nitrogens with zero attached hydrogens (tertiary/aromatic N) is 2. The molecule has 0 radical (unpaired) electrons. The average Bonchev–Trinajstić information content (AvgIpc) is 3.44. The Morgan fingerprint density at radius 2 is 1.19 bits per heavy atom. The van der Waals surface area contributed by atoms with Crippen molar-refractivity contribution in [2.45, 2.75) is 17.9 Å². The highest BCUT2D eigenvalue weighted by Gasteiger charge is 2.39. The highest BCUT2D eigenvalue weighted by molar-refractivity contribution is 5.77. The van der Waals surface area contributed by atoms with Gasteiger partial charge in [0.25, 0.3) is 0 Å². The zero-order chi connectivity index (χ0) is 24.8. The van der Waals surface area contributed by atoms with Crippen LogP contribution in [0.1, 0.15) is 33.9 Å². The third kappa shape index (κ3) is 4.34. The van der Waals surface area contributed by atoms with Crippen LogP contribution in [0.5, 0.6) is 0 Å². The van der Waals surface area contributed by atoms with Crippen molar-refractivity contribution in [2.24, 2.45) is 0 Å². The third-order valence-electron chi connectivity index (χ3n) is 6.69. The van der Waals surface area contributed by atoms with Gasteiger partial charge in [0.15, 0.2) is 0 Å². The van der Waals surface area contributed by atoms with Crippen LogP contribution in [0.15, 0.2) is 134 Å². The van der Waals surface area contributed by atoms with Crippen LogP contribution in [-0.2, 0) is 21.5 Å². The molecule has 5 aromatic rings. The maximum absolute atomic E-state index is 12.9. The van der Waals surface area contributed by atoms with E-state index in [0.29, 0.717) is 12.1 Å². The van der Waals surface area contributed by atoms with Crippen molar-refractivity contribution < 1.29 is 9.53 Å². The Kier molecular flexibility index (Phi) is 6.76. The van der Waals surface area contributed by atoms with Crippen molar-refractivity contribution in [1.29, 1.82) is 0 Å². The summed E-state index contributed by atoms with van der Waals surface area (Å²) in [5, 5.41) is 0. The molecule has 0 amide bonds. The fraction of sp³-hybridized carbons (Fsp3) is 0.125. The van der Waals surface area contributed by atoms with Gasteiger partial charge in [0.2, 0.25) is 0 Å². The first-order valence-electron chi connectivity index (χ1n) is 12.1. The van der Waals surface area contributed by atoms with Crippen LogP contribution in [0, 0.1) is 0 Å². The SMILES string of the molecule is COC(=O)C(Cc1ccccc1)c1cn(C(c2ccccc2)(c2ccccc2)c2ccccc2)cn1. The number of carbonyl (C=O) groups excluding carboxylic acids is 1. The quantitative estimate of drug-likeness (QED) is 0.199. The lowest BCUT2D eigenvalue weighted by Crippen LogP contribution is -2.37. The second-order valence-corrected chi connectivity index (χ2v) is 8.78. The lowest BCUT2D eigenvalue weighted by molar-refractivity contribution is -0.142. The van der Waals surface area contributed by atoms with E-state index in [9.17, 15) is 4.79 Å². The molecule has 0 aliphatic heterocycles. The second-order valence-electron chi connectivity index (χ2n) is 8.78. The predicted octanol–water partition coefficient (Wildman–Crippen LogP) is 6.22. The van der Waals surface area contributed by atoms with Gasteiger partial charge in [0.05, 0.1) is 19.1 Å². The number of hydrogen-bond donors (Lipinski definition) is 0. The molecule has 4 heteroatoms.